The third-order valence-corrected chi connectivity index (χ3v) is 5.34. The first-order valence-electron chi connectivity index (χ1n) is 10.6. The lowest BCUT2D eigenvalue weighted by Gasteiger charge is -2.13. The number of pyridine rings is 1. The molecular formula is C27H26N2O3. The summed E-state index contributed by atoms with van der Waals surface area (Å²) in [6, 6.07) is 21.2. The van der Waals surface area contributed by atoms with Crippen LogP contribution >= 0.6 is 0 Å². The van der Waals surface area contributed by atoms with Crippen molar-refractivity contribution in [3.8, 4) is 22.8 Å². The molecule has 0 radical (unpaired) electrons. The third kappa shape index (κ3) is 4.42. The van der Waals surface area contributed by atoms with Gasteiger partial charge in [0.15, 0.2) is 0 Å². The minimum atomic E-state index is -0.167. The second kappa shape index (κ2) is 9.10. The number of carbonyl (C=O) groups excluding carboxylic acids is 1. The number of aromatic nitrogens is 1. The van der Waals surface area contributed by atoms with Gasteiger partial charge >= 0.3 is 0 Å². The highest BCUT2D eigenvalue weighted by atomic mass is 16.5. The van der Waals surface area contributed by atoms with Crippen molar-refractivity contribution < 1.29 is 14.3 Å². The molecule has 4 rings (SSSR count). The fourth-order valence-corrected chi connectivity index (χ4v) is 3.61. The maximum absolute atomic E-state index is 13.0. The van der Waals surface area contributed by atoms with Gasteiger partial charge in [-0.3, -0.25) is 4.79 Å². The predicted octanol–water partition coefficient (Wildman–Crippen LogP) is 6.18. The zero-order valence-corrected chi connectivity index (χ0v) is 18.7. The van der Waals surface area contributed by atoms with Gasteiger partial charge in [0.2, 0.25) is 0 Å². The molecule has 1 amide bonds. The summed E-state index contributed by atoms with van der Waals surface area (Å²) in [5.74, 6) is 1.29. The Hall–Kier alpha value is -3.86. The molecule has 1 aromatic heterocycles. The SMILES string of the molecule is CCOc1cc(-c2cccc(OC)c2)nc2ccc(C(=O)Nc3cc(C)ccc3C)cc12. The molecule has 0 saturated heterocycles. The molecule has 32 heavy (non-hydrogen) atoms. The van der Waals surface area contributed by atoms with Crippen LogP contribution in [0.15, 0.2) is 66.7 Å². The Bertz CT molecular complexity index is 1300. The number of anilines is 1. The number of methoxy groups -OCH3 is 1. The van der Waals surface area contributed by atoms with E-state index in [2.05, 4.69) is 5.32 Å². The first-order chi connectivity index (χ1) is 15.5. The van der Waals surface area contributed by atoms with Gasteiger partial charge in [-0.2, -0.15) is 0 Å². The summed E-state index contributed by atoms with van der Waals surface area (Å²) in [7, 11) is 1.64. The Labute approximate surface area is 188 Å². The molecule has 162 valence electrons. The Balaban J connectivity index is 1.73. The fraction of sp³-hybridized carbons (Fsp3) is 0.185. The molecule has 0 spiro atoms. The molecular weight excluding hydrogens is 400 g/mol. The van der Waals surface area contributed by atoms with Crippen molar-refractivity contribution in [3.05, 3.63) is 83.4 Å². The van der Waals surface area contributed by atoms with E-state index in [1.54, 1.807) is 13.2 Å². The molecule has 3 aromatic carbocycles. The van der Waals surface area contributed by atoms with Gasteiger partial charge in [-0.05, 0) is 68.3 Å². The Morgan fingerprint density at radius 1 is 1.00 bits per heavy atom. The van der Waals surface area contributed by atoms with Gasteiger partial charge in [0.1, 0.15) is 11.5 Å². The van der Waals surface area contributed by atoms with Crippen LogP contribution in [0.5, 0.6) is 11.5 Å². The van der Waals surface area contributed by atoms with E-state index < -0.39 is 0 Å². The van der Waals surface area contributed by atoms with E-state index in [1.807, 2.05) is 81.4 Å². The minimum Gasteiger partial charge on any atom is -0.497 e. The van der Waals surface area contributed by atoms with Crippen LogP contribution in [0.4, 0.5) is 5.69 Å². The van der Waals surface area contributed by atoms with E-state index in [0.717, 1.165) is 44.7 Å². The number of benzene rings is 3. The average Bonchev–Trinajstić information content (AvgIpc) is 2.81. The Morgan fingerprint density at radius 2 is 1.84 bits per heavy atom. The second-order valence-corrected chi connectivity index (χ2v) is 7.68. The number of rotatable bonds is 6. The highest BCUT2D eigenvalue weighted by Crippen LogP contribution is 2.32. The van der Waals surface area contributed by atoms with Crippen LogP contribution in [0.1, 0.15) is 28.4 Å². The topological polar surface area (TPSA) is 60.5 Å². The zero-order chi connectivity index (χ0) is 22.7. The van der Waals surface area contributed by atoms with Crippen molar-refractivity contribution >= 4 is 22.5 Å². The summed E-state index contributed by atoms with van der Waals surface area (Å²) in [4.78, 5) is 17.8. The van der Waals surface area contributed by atoms with Gasteiger partial charge in [-0.15, -0.1) is 0 Å². The lowest BCUT2D eigenvalue weighted by molar-refractivity contribution is 0.102. The smallest absolute Gasteiger partial charge is 0.255 e. The number of amides is 1. The van der Waals surface area contributed by atoms with Crippen molar-refractivity contribution in [3.63, 3.8) is 0 Å². The highest BCUT2D eigenvalue weighted by molar-refractivity contribution is 6.07. The van der Waals surface area contributed by atoms with Crippen LogP contribution in [0.2, 0.25) is 0 Å². The first-order valence-corrected chi connectivity index (χ1v) is 10.6. The van der Waals surface area contributed by atoms with Gasteiger partial charge in [-0.1, -0.05) is 24.3 Å². The van der Waals surface area contributed by atoms with E-state index in [9.17, 15) is 4.79 Å². The number of nitrogens with one attached hydrogen (secondary N) is 1. The van der Waals surface area contributed by atoms with Gasteiger partial charge < -0.3 is 14.8 Å². The number of hydrogen-bond acceptors (Lipinski definition) is 4. The molecule has 1 heterocycles. The number of fused-ring (bicyclic) bond motifs is 1. The maximum atomic E-state index is 13.0. The number of carbonyl (C=O) groups is 1. The van der Waals surface area contributed by atoms with Crippen molar-refractivity contribution in [1.82, 2.24) is 4.98 Å². The summed E-state index contributed by atoms with van der Waals surface area (Å²) in [6.45, 7) is 6.43. The standard InChI is InChI=1S/C27H26N2O3/c1-5-32-26-16-25(19-7-6-8-21(14-19)31-4)28-23-12-11-20(15-22(23)26)27(30)29-24-13-17(2)9-10-18(24)3/h6-16H,5H2,1-4H3,(H,29,30). The third-order valence-electron chi connectivity index (χ3n) is 5.34. The quantitative estimate of drug-likeness (QED) is 0.400. The summed E-state index contributed by atoms with van der Waals surface area (Å²) < 4.78 is 11.3. The molecule has 1 N–H and O–H groups in total. The molecule has 0 aliphatic heterocycles. The highest BCUT2D eigenvalue weighted by Gasteiger charge is 2.14. The summed E-state index contributed by atoms with van der Waals surface area (Å²) in [6.07, 6.45) is 0. The molecule has 4 aromatic rings. The van der Waals surface area contributed by atoms with Crippen molar-refractivity contribution in [2.75, 3.05) is 19.0 Å². The van der Waals surface area contributed by atoms with Gasteiger partial charge in [-0.25, -0.2) is 4.98 Å². The molecule has 0 fully saturated rings. The molecule has 0 saturated carbocycles. The van der Waals surface area contributed by atoms with E-state index in [0.29, 0.717) is 17.9 Å². The Kier molecular flexibility index (Phi) is 6.08. The van der Waals surface area contributed by atoms with Crippen molar-refractivity contribution in [2.45, 2.75) is 20.8 Å². The lowest BCUT2D eigenvalue weighted by atomic mass is 10.1. The monoisotopic (exact) mass is 426 g/mol. The van der Waals surface area contributed by atoms with Gasteiger partial charge in [0.05, 0.1) is 24.9 Å². The first kappa shape index (κ1) is 21.4. The molecule has 0 aliphatic carbocycles. The van der Waals surface area contributed by atoms with Crippen LogP contribution in [-0.2, 0) is 0 Å². The second-order valence-electron chi connectivity index (χ2n) is 7.68. The Morgan fingerprint density at radius 3 is 2.62 bits per heavy atom. The molecule has 0 atom stereocenters. The average molecular weight is 427 g/mol. The molecule has 0 unspecified atom stereocenters. The van der Waals surface area contributed by atoms with Crippen LogP contribution < -0.4 is 14.8 Å². The van der Waals surface area contributed by atoms with Crippen molar-refractivity contribution in [1.29, 1.82) is 0 Å². The molecule has 0 bridgehead atoms. The summed E-state index contributed by atoms with van der Waals surface area (Å²) in [5, 5.41) is 3.82. The fourth-order valence-electron chi connectivity index (χ4n) is 3.61. The van der Waals surface area contributed by atoms with Crippen LogP contribution in [0, 0.1) is 13.8 Å². The zero-order valence-electron chi connectivity index (χ0n) is 18.7. The molecule has 5 nitrogen and oxygen atoms in total. The maximum Gasteiger partial charge on any atom is 0.255 e. The van der Waals surface area contributed by atoms with E-state index in [1.165, 1.54) is 0 Å². The van der Waals surface area contributed by atoms with Gasteiger partial charge in [0, 0.05) is 28.3 Å². The molecule has 5 heteroatoms. The summed E-state index contributed by atoms with van der Waals surface area (Å²) in [5.41, 5.74) is 5.96. The lowest BCUT2D eigenvalue weighted by Crippen LogP contribution is -2.13. The van der Waals surface area contributed by atoms with E-state index in [4.69, 9.17) is 14.5 Å². The predicted molar refractivity (Wildman–Crippen MR) is 129 cm³/mol. The summed E-state index contributed by atoms with van der Waals surface area (Å²) >= 11 is 0. The molecule has 0 aliphatic rings. The van der Waals surface area contributed by atoms with E-state index in [-0.39, 0.29) is 5.91 Å². The van der Waals surface area contributed by atoms with Crippen LogP contribution in [-0.4, -0.2) is 24.6 Å². The number of hydrogen-bond donors (Lipinski definition) is 1. The van der Waals surface area contributed by atoms with Crippen molar-refractivity contribution in [2.24, 2.45) is 0 Å². The normalized spacial score (nSPS) is 10.8. The number of aryl methyl sites for hydroxylation is 2. The van der Waals surface area contributed by atoms with Gasteiger partial charge in [0.25, 0.3) is 5.91 Å². The van der Waals surface area contributed by atoms with Crippen LogP contribution in [0.3, 0.4) is 0 Å². The number of ether oxygens (including phenoxy) is 2. The number of nitrogens with zero attached hydrogens (tertiary/aromatic N) is 1. The largest absolute Gasteiger partial charge is 0.497 e. The minimum absolute atomic E-state index is 0.167. The van der Waals surface area contributed by atoms with E-state index >= 15 is 0 Å². The van der Waals surface area contributed by atoms with Crippen LogP contribution in [0.25, 0.3) is 22.2 Å².